The normalized spacial score (nSPS) is 9.24. The number of nitriles is 1. The quantitative estimate of drug-likeness (QED) is 0.821. The average molecular weight is 235 g/mol. The second-order valence-corrected chi connectivity index (χ2v) is 3.16. The van der Waals surface area contributed by atoms with Gasteiger partial charge in [0.15, 0.2) is 0 Å². The van der Waals surface area contributed by atoms with Gasteiger partial charge in [-0.3, -0.25) is 9.59 Å². The minimum atomic E-state index is -0.663. The van der Waals surface area contributed by atoms with E-state index in [1.807, 2.05) is 0 Å². The summed E-state index contributed by atoms with van der Waals surface area (Å²) in [7, 11) is 1.44. The summed E-state index contributed by atoms with van der Waals surface area (Å²) in [5.74, 6) is -1.68. The van der Waals surface area contributed by atoms with Crippen molar-refractivity contribution in [3.63, 3.8) is 0 Å². The highest BCUT2D eigenvalue weighted by Gasteiger charge is 2.10. The number of nitrogens with one attached hydrogen (secondary N) is 2. The number of anilines is 1. The van der Waals surface area contributed by atoms with Crippen LogP contribution in [0, 0.1) is 17.1 Å². The van der Waals surface area contributed by atoms with Crippen LogP contribution in [-0.2, 0) is 4.79 Å². The molecule has 0 saturated carbocycles. The lowest BCUT2D eigenvalue weighted by atomic mass is 10.1. The second-order valence-electron chi connectivity index (χ2n) is 3.16. The maximum absolute atomic E-state index is 13.3. The van der Waals surface area contributed by atoms with Crippen LogP contribution in [0.1, 0.15) is 16.8 Å². The van der Waals surface area contributed by atoms with Gasteiger partial charge in [0.1, 0.15) is 12.2 Å². The minimum absolute atomic E-state index is 0.119. The van der Waals surface area contributed by atoms with E-state index in [1.54, 1.807) is 6.07 Å². The number of hydrogen-bond donors (Lipinski definition) is 2. The Kier molecular flexibility index (Phi) is 4.17. The van der Waals surface area contributed by atoms with Gasteiger partial charge in [-0.1, -0.05) is 0 Å². The molecular formula is C11H10FN3O2. The van der Waals surface area contributed by atoms with Gasteiger partial charge < -0.3 is 10.6 Å². The molecule has 5 nitrogen and oxygen atoms in total. The van der Waals surface area contributed by atoms with Crippen molar-refractivity contribution in [3.8, 4) is 6.07 Å². The van der Waals surface area contributed by atoms with Crippen molar-refractivity contribution in [2.75, 3.05) is 12.4 Å². The first-order chi connectivity index (χ1) is 8.08. The molecule has 17 heavy (non-hydrogen) atoms. The van der Waals surface area contributed by atoms with E-state index in [0.717, 1.165) is 6.07 Å². The molecule has 0 saturated heterocycles. The van der Waals surface area contributed by atoms with Crippen molar-refractivity contribution in [1.82, 2.24) is 5.32 Å². The lowest BCUT2D eigenvalue weighted by Crippen LogP contribution is -2.19. The summed E-state index contributed by atoms with van der Waals surface area (Å²) < 4.78 is 13.3. The summed E-state index contributed by atoms with van der Waals surface area (Å²) >= 11 is 0. The van der Waals surface area contributed by atoms with Crippen LogP contribution in [-0.4, -0.2) is 18.9 Å². The van der Waals surface area contributed by atoms with Gasteiger partial charge >= 0.3 is 0 Å². The topological polar surface area (TPSA) is 82.0 Å². The Labute approximate surface area is 97.2 Å². The summed E-state index contributed by atoms with van der Waals surface area (Å²) in [6, 6.07) is 5.23. The molecule has 0 aromatic heterocycles. The zero-order valence-electron chi connectivity index (χ0n) is 9.08. The van der Waals surface area contributed by atoms with E-state index in [1.165, 1.54) is 19.2 Å². The van der Waals surface area contributed by atoms with Gasteiger partial charge in [-0.2, -0.15) is 5.26 Å². The molecule has 0 aliphatic carbocycles. The number of rotatable bonds is 3. The zero-order valence-corrected chi connectivity index (χ0v) is 9.08. The van der Waals surface area contributed by atoms with Crippen LogP contribution in [0.15, 0.2) is 18.2 Å². The molecule has 0 unspecified atom stereocenters. The maximum Gasteiger partial charge on any atom is 0.251 e. The van der Waals surface area contributed by atoms with Crippen LogP contribution in [0.25, 0.3) is 0 Å². The molecular weight excluding hydrogens is 225 g/mol. The first kappa shape index (κ1) is 12.6. The third-order valence-electron chi connectivity index (χ3n) is 1.97. The Balaban J connectivity index is 2.95. The van der Waals surface area contributed by atoms with Gasteiger partial charge in [0.25, 0.3) is 5.91 Å². The third-order valence-corrected chi connectivity index (χ3v) is 1.97. The maximum atomic E-state index is 13.3. The number of halogens is 1. The molecule has 6 heteroatoms. The van der Waals surface area contributed by atoms with E-state index >= 15 is 0 Å². The molecule has 1 aromatic carbocycles. The first-order valence-corrected chi connectivity index (χ1v) is 4.77. The molecule has 0 aliphatic heterocycles. The van der Waals surface area contributed by atoms with Crippen molar-refractivity contribution >= 4 is 17.5 Å². The fraction of sp³-hybridized carbons (Fsp3) is 0.182. The molecule has 1 aromatic rings. The molecule has 1 rings (SSSR count). The Morgan fingerprint density at radius 2 is 2.18 bits per heavy atom. The monoisotopic (exact) mass is 235 g/mol. The molecule has 2 amide bonds. The van der Waals surface area contributed by atoms with E-state index in [2.05, 4.69) is 10.6 Å². The van der Waals surface area contributed by atoms with Crippen LogP contribution in [0.3, 0.4) is 0 Å². The number of carbonyl (C=O) groups is 2. The molecule has 0 spiro atoms. The van der Waals surface area contributed by atoms with E-state index in [-0.39, 0.29) is 23.6 Å². The Bertz CT molecular complexity index is 494. The number of amides is 2. The Morgan fingerprint density at radius 3 is 2.76 bits per heavy atom. The number of hydrogen-bond acceptors (Lipinski definition) is 3. The molecule has 0 bridgehead atoms. The van der Waals surface area contributed by atoms with Crippen molar-refractivity contribution in [1.29, 1.82) is 5.26 Å². The van der Waals surface area contributed by atoms with Crippen LogP contribution in [0.4, 0.5) is 10.1 Å². The van der Waals surface area contributed by atoms with Crippen molar-refractivity contribution in [2.45, 2.75) is 6.42 Å². The fourth-order valence-electron chi connectivity index (χ4n) is 1.17. The van der Waals surface area contributed by atoms with Gasteiger partial charge in [0.2, 0.25) is 5.91 Å². The molecule has 2 N–H and O–H groups in total. The van der Waals surface area contributed by atoms with Gasteiger partial charge in [0.05, 0.1) is 11.8 Å². The van der Waals surface area contributed by atoms with Crippen molar-refractivity contribution < 1.29 is 14.0 Å². The third kappa shape index (κ3) is 3.28. The summed E-state index contributed by atoms with van der Waals surface area (Å²) in [6.07, 6.45) is -0.371. The molecule has 0 atom stereocenters. The zero-order chi connectivity index (χ0) is 12.8. The van der Waals surface area contributed by atoms with Gasteiger partial charge in [-0.05, 0) is 18.2 Å². The molecule has 0 radical (unpaired) electrons. The largest absolute Gasteiger partial charge is 0.355 e. The number of benzene rings is 1. The highest BCUT2D eigenvalue weighted by atomic mass is 19.1. The summed E-state index contributed by atoms with van der Waals surface area (Å²) in [5.41, 5.74) is 0.104. The van der Waals surface area contributed by atoms with Crippen molar-refractivity contribution in [3.05, 3.63) is 29.6 Å². The summed E-state index contributed by atoms with van der Waals surface area (Å²) in [4.78, 5) is 22.4. The van der Waals surface area contributed by atoms with Crippen LogP contribution in [0.5, 0.6) is 0 Å². The highest BCUT2D eigenvalue weighted by Crippen LogP contribution is 2.16. The van der Waals surface area contributed by atoms with E-state index in [4.69, 9.17) is 5.26 Å². The molecule has 0 aliphatic rings. The molecule has 0 fully saturated rings. The number of nitrogens with zero attached hydrogens (tertiary/aromatic N) is 1. The van der Waals surface area contributed by atoms with Gasteiger partial charge in [0, 0.05) is 12.6 Å². The predicted octanol–water partition coefficient (Wildman–Crippen LogP) is 1.04. The van der Waals surface area contributed by atoms with Crippen LogP contribution in [0.2, 0.25) is 0 Å². The standard InChI is InChI=1S/C11H10FN3O2/c1-14-11(17)7-2-3-8(12)9(6-7)15-10(16)4-5-13/h2-3,6H,4H2,1H3,(H,14,17)(H,15,16). The predicted molar refractivity (Wildman–Crippen MR) is 58.6 cm³/mol. The lowest BCUT2D eigenvalue weighted by molar-refractivity contribution is -0.115. The molecule has 88 valence electrons. The van der Waals surface area contributed by atoms with Gasteiger partial charge in [-0.15, -0.1) is 0 Å². The van der Waals surface area contributed by atoms with Crippen LogP contribution < -0.4 is 10.6 Å². The number of carbonyl (C=O) groups excluding carboxylic acids is 2. The average Bonchev–Trinajstić information content (AvgIpc) is 2.31. The van der Waals surface area contributed by atoms with E-state index in [9.17, 15) is 14.0 Å². The lowest BCUT2D eigenvalue weighted by Gasteiger charge is -2.06. The minimum Gasteiger partial charge on any atom is -0.355 e. The Morgan fingerprint density at radius 1 is 1.47 bits per heavy atom. The smallest absolute Gasteiger partial charge is 0.251 e. The first-order valence-electron chi connectivity index (χ1n) is 4.77. The highest BCUT2D eigenvalue weighted by molar-refractivity contribution is 5.97. The Hall–Kier alpha value is -2.42. The van der Waals surface area contributed by atoms with Crippen LogP contribution >= 0.6 is 0 Å². The summed E-state index contributed by atoms with van der Waals surface area (Å²) in [5, 5.41) is 12.9. The SMILES string of the molecule is CNC(=O)c1ccc(F)c(NC(=O)CC#N)c1. The van der Waals surface area contributed by atoms with E-state index in [0.29, 0.717) is 0 Å². The fourth-order valence-corrected chi connectivity index (χ4v) is 1.17. The van der Waals surface area contributed by atoms with Gasteiger partial charge in [-0.25, -0.2) is 4.39 Å². The second kappa shape index (κ2) is 5.61. The molecule has 0 heterocycles. The van der Waals surface area contributed by atoms with Crippen molar-refractivity contribution in [2.24, 2.45) is 0 Å². The summed E-state index contributed by atoms with van der Waals surface area (Å²) in [6.45, 7) is 0. The van der Waals surface area contributed by atoms with E-state index < -0.39 is 11.7 Å².